The van der Waals surface area contributed by atoms with Crippen molar-refractivity contribution in [1.29, 1.82) is 0 Å². The maximum atomic E-state index is 15.0. The van der Waals surface area contributed by atoms with Gasteiger partial charge in [0.2, 0.25) is 6.41 Å². The standard InChI is InChI=1S/C21H22FN3O4S.C3H7NO/c1-27-16-6-5-14-8-24(20(26)29-18(14)7-16)9-15-3-2-4-17(19(15)22)23-30-25-10-21(11-25)12-28-13-21;1-4(2)3-5/h2-7,23H,8-13H2,1H3;3H,1-2H3. The quantitative estimate of drug-likeness (QED) is 0.454. The molecule has 2 aromatic carbocycles. The van der Waals surface area contributed by atoms with Gasteiger partial charge in [0.15, 0.2) is 5.82 Å². The Morgan fingerprint density at radius 2 is 2.00 bits per heavy atom. The van der Waals surface area contributed by atoms with Crippen LogP contribution < -0.4 is 14.2 Å². The van der Waals surface area contributed by atoms with Crippen molar-refractivity contribution < 1.29 is 28.2 Å². The fourth-order valence-corrected chi connectivity index (χ4v) is 4.94. The van der Waals surface area contributed by atoms with Gasteiger partial charge in [-0.2, -0.15) is 0 Å². The van der Waals surface area contributed by atoms with E-state index < -0.39 is 6.09 Å². The zero-order chi connectivity index (χ0) is 25.0. The summed E-state index contributed by atoms with van der Waals surface area (Å²) < 4.78 is 36.1. The van der Waals surface area contributed by atoms with Crippen LogP contribution in [-0.4, -0.2) is 74.1 Å². The molecule has 0 unspecified atom stereocenters. The third kappa shape index (κ3) is 5.80. The summed E-state index contributed by atoms with van der Waals surface area (Å²) in [5, 5.41) is 0. The molecular formula is C24H29FN4O5S. The van der Waals surface area contributed by atoms with Crippen LogP contribution in [0.15, 0.2) is 36.4 Å². The van der Waals surface area contributed by atoms with Gasteiger partial charge in [0, 0.05) is 61.9 Å². The zero-order valence-electron chi connectivity index (χ0n) is 20.0. The van der Waals surface area contributed by atoms with E-state index in [1.54, 1.807) is 45.5 Å². The highest BCUT2D eigenvalue weighted by molar-refractivity contribution is 7.98. The molecule has 188 valence electrons. The van der Waals surface area contributed by atoms with E-state index in [9.17, 15) is 9.59 Å². The number of nitrogens with zero attached hydrogens (tertiary/aromatic N) is 3. The highest BCUT2D eigenvalue weighted by Gasteiger charge is 2.49. The third-order valence-corrected chi connectivity index (χ3v) is 6.69. The van der Waals surface area contributed by atoms with E-state index in [2.05, 4.69) is 9.03 Å². The number of hydrogen-bond donors (Lipinski definition) is 1. The summed E-state index contributed by atoms with van der Waals surface area (Å²) >= 11 is 1.40. The van der Waals surface area contributed by atoms with Crippen molar-refractivity contribution in [2.75, 3.05) is 52.2 Å². The van der Waals surface area contributed by atoms with Crippen LogP contribution in [0.3, 0.4) is 0 Å². The molecule has 35 heavy (non-hydrogen) atoms. The molecule has 3 aliphatic rings. The number of halogens is 1. The molecule has 0 saturated carbocycles. The molecule has 3 heterocycles. The van der Waals surface area contributed by atoms with E-state index in [0.29, 0.717) is 34.7 Å². The van der Waals surface area contributed by atoms with Gasteiger partial charge < -0.3 is 23.8 Å². The van der Waals surface area contributed by atoms with E-state index >= 15 is 4.39 Å². The average Bonchev–Trinajstić information content (AvgIpc) is 2.79. The van der Waals surface area contributed by atoms with Crippen LogP contribution in [0.25, 0.3) is 0 Å². The van der Waals surface area contributed by atoms with Gasteiger partial charge in [-0.05, 0) is 18.2 Å². The van der Waals surface area contributed by atoms with Gasteiger partial charge in [-0.25, -0.2) is 13.5 Å². The van der Waals surface area contributed by atoms with Crippen LogP contribution in [0.1, 0.15) is 11.1 Å². The summed E-state index contributed by atoms with van der Waals surface area (Å²) in [4.78, 5) is 24.8. The number of methoxy groups -OCH3 is 1. The van der Waals surface area contributed by atoms with Gasteiger partial charge in [-0.15, -0.1) is 0 Å². The van der Waals surface area contributed by atoms with Crippen molar-refractivity contribution in [2.45, 2.75) is 13.1 Å². The van der Waals surface area contributed by atoms with Crippen LogP contribution in [0.4, 0.5) is 14.9 Å². The highest BCUT2D eigenvalue weighted by atomic mass is 32.2. The summed E-state index contributed by atoms with van der Waals surface area (Å²) in [5.74, 6) is 0.739. The summed E-state index contributed by atoms with van der Waals surface area (Å²) in [5.41, 5.74) is 2.00. The van der Waals surface area contributed by atoms with Crippen LogP contribution in [0, 0.1) is 11.2 Å². The van der Waals surface area contributed by atoms with Crippen molar-refractivity contribution in [3.05, 3.63) is 53.3 Å². The predicted octanol–water partition coefficient (Wildman–Crippen LogP) is 3.36. The van der Waals surface area contributed by atoms with Gasteiger partial charge >= 0.3 is 6.09 Å². The molecule has 2 fully saturated rings. The largest absolute Gasteiger partial charge is 0.497 e. The van der Waals surface area contributed by atoms with E-state index in [1.165, 1.54) is 21.9 Å². The molecule has 2 saturated heterocycles. The molecule has 2 aromatic rings. The molecule has 0 radical (unpaired) electrons. The lowest BCUT2D eigenvalue weighted by Crippen LogP contribution is -2.63. The van der Waals surface area contributed by atoms with Gasteiger partial charge in [0.05, 0.1) is 39.1 Å². The number of amides is 2. The Bertz CT molecular complexity index is 1070. The summed E-state index contributed by atoms with van der Waals surface area (Å²) in [6, 6.07) is 10.5. The minimum absolute atomic E-state index is 0.125. The third-order valence-electron chi connectivity index (χ3n) is 5.87. The number of carbonyl (C=O) groups excluding carboxylic acids is 2. The van der Waals surface area contributed by atoms with E-state index in [-0.39, 0.29) is 12.4 Å². The number of hydrogen-bond acceptors (Lipinski definition) is 8. The highest BCUT2D eigenvalue weighted by Crippen LogP contribution is 2.41. The molecule has 1 spiro atoms. The van der Waals surface area contributed by atoms with Crippen LogP contribution in [0.2, 0.25) is 0 Å². The monoisotopic (exact) mass is 504 g/mol. The normalized spacial score (nSPS) is 17.7. The lowest BCUT2D eigenvalue weighted by atomic mass is 9.80. The first-order valence-electron chi connectivity index (χ1n) is 11.1. The van der Waals surface area contributed by atoms with Crippen molar-refractivity contribution in [1.82, 2.24) is 14.1 Å². The molecule has 3 aliphatic heterocycles. The molecule has 0 bridgehead atoms. The molecule has 2 amide bonds. The maximum absolute atomic E-state index is 15.0. The van der Waals surface area contributed by atoms with E-state index in [1.807, 2.05) is 12.1 Å². The fraction of sp³-hybridized carbons (Fsp3) is 0.417. The lowest BCUT2D eigenvalue weighted by Gasteiger charge is -2.53. The summed E-state index contributed by atoms with van der Waals surface area (Å²) in [6.07, 6.45) is 0.247. The number of benzene rings is 2. The number of fused-ring (bicyclic) bond motifs is 1. The molecule has 9 nitrogen and oxygen atoms in total. The van der Waals surface area contributed by atoms with Gasteiger partial charge in [-0.1, -0.05) is 12.1 Å². The molecule has 0 aliphatic carbocycles. The van der Waals surface area contributed by atoms with Gasteiger partial charge in [0.25, 0.3) is 0 Å². The van der Waals surface area contributed by atoms with Crippen molar-refractivity contribution in [2.24, 2.45) is 5.41 Å². The van der Waals surface area contributed by atoms with Crippen LogP contribution in [-0.2, 0) is 22.6 Å². The number of carbonyl (C=O) groups is 2. The average molecular weight is 505 g/mol. The number of ether oxygens (including phenoxy) is 3. The molecule has 0 atom stereocenters. The maximum Gasteiger partial charge on any atom is 0.415 e. The topological polar surface area (TPSA) is 83.6 Å². The Morgan fingerprint density at radius 1 is 1.26 bits per heavy atom. The first-order chi connectivity index (χ1) is 16.8. The minimum Gasteiger partial charge on any atom is -0.497 e. The second-order valence-electron chi connectivity index (χ2n) is 9.03. The van der Waals surface area contributed by atoms with E-state index in [0.717, 1.165) is 38.3 Å². The minimum atomic E-state index is -0.503. The first kappa shape index (κ1) is 25.1. The fourth-order valence-electron chi connectivity index (χ4n) is 3.88. The molecule has 11 heteroatoms. The van der Waals surface area contributed by atoms with Gasteiger partial charge in [-0.3, -0.25) is 9.69 Å². The van der Waals surface area contributed by atoms with Gasteiger partial charge in [0.1, 0.15) is 11.5 Å². The molecule has 0 aromatic heterocycles. The SMILES string of the molecule is CN(C)C=O.COc1ccc2c(c1)OC(=O)N(Cc1cccc(NSN3CC4(COC4)C3)c1F)C2. The number of rotatable bonds is 7. The van der Waals surface area contributed by atoms with Crippen LogP contribution in [0.5, 0.6) is 11.5 Å². The Kier molecular flexibility index (Phi) is 7.68. The Labute approximate surface area is 208 Å². The zero-order valence-corrected chi connectivity index (χ0v) is 20.8. The lowest BCUT2D eigenvalue weighted by molar-refractivity contribution is -0.164. The molecule has 5 rings (SSSR count). The summed E-state index contributed by atoms with van der Waals surface area (Å²) in [6.45, 7) is 3.99. The van der Waals surface area contributed by atoms with Crippen molar-refractivity contribution >= 4 is 30.3 Å². The smallest absolute Gasteiger partial charge is 0.415 e. The molecular weight excluding hydrogens is 475 g/mol. The van der Waals surface area contributed by atoms with E-state index in [4.69, 9.17) is 14.2 Å². The Hall–Kier alpha value is -3.02. The summed E-state index contributed by atoms with van der Waals surface area (Å²) in [7, 11) is 4.93. The number of anilines is 1. The molecule has 1 N–H and O–H groups in total. The second-order valence-corrected chi connectivity index (χ2v) is 9.93. The Morgan fingerprint density at radius 3 is 2.63 bits per heavy atom. The first-order valence-corrected chi connectivity index (χ1v) is 11.9. The number of nitrogens with one attached hydrogen (secondary N) is 1. The second kappa shape index (κ2) is 10.7. The van der Waals surface area contributed by atoms with Crippen molar-refractivity contribution in [3.8, 4) is 11.5 Å². The Balaban J connectivity index is 0.000000527. The van der Waals surface area contributed by atoms with Crippen molar-refractivity contribution in [3.63, 3.8) is 0 Å². The predicted molar refractivity (Wildman–Crippen MR) is 130 cm³/mol. The van der Waals surface area contributed by atoms with Crippen LogP contribution >= 0.6 is 12.1 Å².